The lowest BCUT2D eigenvalue weighted by Gasteiger charge is -2.17. The molecule has 0 aliphatic rings. The maximum Gasteiger partial charge on any atom is 0.436 e. The molecule has 2 heterocycles. The van der Waals surface area contributed by atoms with E-state index in [1.54, 1.807) is 0 Å². The van der Waals surface area contributed by atoms with Crippen LogP contribution in [0.1, 0.15) is 31.3 Å². The predicted octanol–water partition coefficient (Wildman–Crippen LogP) is 1.05. The first-order valence-corrected chi connectivity index (χ1v) is 9.70. The van der Waals surface area contributed by atoms with Gasteiger partial charge in [0.1, 0.15) is 21.0 Å². The standard InChI is InChI=1S/C14H15F3N4O5S2/c1-13(2,24)12(23)21-10-6(9(18)22)5-7(27-10)28(25,26)11-8(14(15,16)17)19-3-4-20-11/h3-5,9,22,24H,18H2,1-2H3,(H,21,23). The van der Waals surface area contributed by atoms with Gasteiger partial charge < -0.3 is 21.3 Å². The molecule has 2 rings (SSSR count). The van der Waals surface area contributed by atoms with Gasteiger partial charge in [-0.3, -0.25) is 4.79 Å². The lowest BCUT2D eigenvalue weighted by atomic mass is 10.1. The van der Waals surface area contributed by atoms with E-state index in [1.165, 1.54) is 0 Å². The summed E-state index contributed by atoms with van der Waals surface area (Å²) in [5, 5.41) is 19.9. The number of amides is 1. The normalized spacial score (nSPS) is 14.0. The Balaban J connectivity index is 2.60. The summed E-state index contributed by atoms with van der Waals surface area (Å²) in [6.07, 6.45) is -5.35. The third kappa shape index (κ3) is 4.47. The third-order valence-electron chi connectivity index (χ3n) is 3.29. The average Bonchev–Trinajstić information content (AvgIpc) is 2.98. The van der Waals surface area contributed by atoms with Gasteiger partial charge in [0.25, 0.3) is 5.91 Å². The number of halogens is 3. The van der Waals surface area contributed by atoms with E-state index in [9.17, 15) is 36.6 Å². The van der Waals surface area contributed by atoms with Crippen molar-refractivity contribution in [1.29, 1.82) is 0 Å². The van der Waals surface area contributed by atoms with Crippen molar-refractivity contribution in [3.05, 3.63) is 29.7 Å². The van der Waals surface area contributed by atoms with Gasteiger partial charge in [0, 0.05) is 18.0 Å². The van der Waals surface area contributed by atoms with Gasteiger partial charge in [0.05, 0.1) is 0 Å². The van der Waals surface area contributed by atoms with Crippen molar-refractivity contribution >= 4 is 32.1 Å². The number of nitrogens with two attached hydrogens (primary N) is 1. The molecule has 1 atom stereocenters. The molecular formula is C14H15F3N4O5S2. The molecule has 0 aliphatic carbocycles. The fourth-order valence-corrected chi connectivity index (χ4v) is 4.75. The molecule has 0 bridgehead atoms. The van der Waals surface area contributed by atoms with Crippen LogP contribution in [-0.4, -0.2) is 40.1 Å². The first kappa shape index (κ1) is 22.2. The Hall–Kier alpha value is -2.13. The quantitative estimate of drug-likeness (QED) is 0.503. The molecule has 1 unspecified atom stereocenters. The lowest BCUT2D eigenvalue weighted by molar-refractivity contribution is -0.144. The maximum atomic E-state index is 13.1. The number of hydrogen-bond acceptors (Lipinski definition) is 9. The molecule has 0 fully saturated rings. The van der Waals surface area contributed by atoms with E-state index in [1.807, 2.05) is 0 Å². The molecule has 5 N–H and O–H groups in total. The Morgan fingerprint density at radius 1 is 1.29 bits per heavy atom. The Bertz CT molecular complexity index is 997. The van der Waals surface area contributed by atoms with Crippen LogP contribution in [0.4, 0.5) is 18.2 Å². The summed E-state index contributed by atoms with van der Waals surface area (Å²) in [6.45, 7) is 2.31. The number of aliphatic hydroxyl groups excluding tert-OH is 1. The number of thiophene rings is 1. The molecule has 0 saturated heterocycles. The zero-order valence-corrected chi connectivity index (χ0v) is 16.0. The zero-order valence-electron chi connectivity index (χ0n) is 14.4. The molecule has 14 heteroatoms. The van der Waals surface area contributed by atoms with Crippen molar-refractivity contribution in [1.82, 2.24) is 9.97 Å². The van der Waals surface area contributed by atoms with E-state index in [0.717, 1.165) is 26.1 Å². The summed E-state index contributed by atoms with van der Waals surface area (Å²) in [5.74, 6) is -0.948. The Kier molecular flexibility index (Phi) is 5.83. The van der Waals surface area contributed by atoms with E-state index >= 15 is 0 Å². The maximum absolute atomic E-state index is 13.1. The highest BCUT2D eigenvalue weighted by atomic mass is 32.2. The number of rotatable bonds is 5. The van der Waals surface area contributed by atoms with Crippen LogP contribution < -0.4 is 11.1 Å². The number of aromatic nitrogens is 2. The van der Waals surface area contributed by atoms with Crippen molar-refractivity contribution in [3.8, 4) is 0 Å². The molecule has 154 valence electrons. The van der Waals surface area contributed by atoms with Gasteiger partial charge in [0.15, 0.2) is 10.7 Å². The fourth-order valence-electron chi connectivity index (χ4n) is 1.90. The van der Waals surface area contributed by atoms with Gasteiger partial charge in [-0.15, -0.1) is 11.3 Å². The predicted molar refractivity (Wildman–Crippen MR) is 90.9 cm³/mol. The molecule has 28 heavy (non-hydrogen) atoms. The monoisotopic (exact) mass is 440 g/mol. The van der Waals surface area contributed by atoms with E-state index in [4.69, 9.17) is 5.73 Å². The Labute approximate surface area is 161 Å². The van der Waals surface area contributed by atoms with Crippen LogP contribution in [0.25, 0.3) is 0 Å². The number of carbonyl (C=O) groups excluding carboxylic acids is 1. The van der Waals surface area contributed by atoms with Crippen LogP contribution in [0.3, 0.4) is 0 Å². The highest BCUT2D eigenvalue weighted by Crippen LogP contribution is 2.39. The molecule has 1 amide bonds. The van der Waals surface area contributed by atoms with Crippen molar-refractivity contribution in [2.24, 2.45) is 5.73 Å². The van der Waals surface area contributed by atoms with Gasteiger partial charge >= 0.3 is 6.18 Å². The van der Waals surface area contributed by atoms with Crippen LogP contribution in [-0.2, 0) is 20.8 Å². The first-order valence-electron chi connectivity index (χ1n) is 7.40. The minimum absolute atomic E-state index is 0.252. The molecule has 0 radical (unpaired) electrons. The van der Waals surface area contributed by atoms with Crippen LogP contribution in [0.5, 0.6) is 0 Å². The second-order valence-electron chi connectivity index (χ2n) is 6.02. The van der Waals surface area contributed by atoms with Crippen molar-refractivity contribution in [2.45, 2.75) is 41.1 Å². The highest BCUT2D eigenvalue weighted by molar-refractivity contribution is 7.93. The molecular weight excluding hydrogens is 425 g/mol. The van der Waals surface area contributed by atoms with Crippen molar-refractivity contribution < 1.29 is 36.6 Å². The van der Waals surface area contributed by atoms with E-state index in [0.29, 0.717) is 17.5 Å². The third-order valence-corrected chi connectivity index (χ3v) is 6.52. The van der Waals surface area contributed by atoms with Crippen LogP contribution in [0, 0.1) is 0 Å². The zero-order chi connectivity index (χ0) is 21.5. The number of sulfone groups is 1. The number of alkyl halides is 3. The first-order chi connectivity index (χ1) is 12.7. The van der Waals surface area contributed by atoms with Gasteiger partial charge in [-0.05, 0) is 19.9 Å². The Morgan fingerprint density at radius 3 is 2.36 bits per heavy atom. The van der Waals surface area contributed by atoms with Crippen LogP contribution in [0.2, 0.25) is 0 Å². The van der Waals surface area contributed by atoms with Gasteiger partial charge in [-0.2, -0.15) is 13.2 Å². The van der Waals surface area contributed by atoms with Gasteiger partial charge in [0.2, 0.25) is 9.84 Å². The Morgan fingerprint density at radius 2 is 1.86 bits per heavy atom. The fraction of sp³-hybridized carbons (Fsp3) is 0.357. The highest BCUT2D eigenvalue weighted by Gasteiger charge is 2.41. The topological polar surface area (TPSA) is 156 Å². The molecule has 2 aromatic rings. The van der Waals surface area contributed by atoms with E-state index in [-0.39, 0.29) is 10.6 Å². The van der Waals surface area contributed by atoms with Crippen molar-refractivity contribution in [2.75, 3.05) is 5.32 Å². The number of nitrogens with one attached hydrogen (secondary N) is 1. The number of hydrogen-bond donors (Lipinski definition) is 4. The summed E-state index contributed by atoms with van der Waals surface area (Å²) < 4.78 is 64.0. The molecule has 0 saturated carbocycles. The number of aliphatic hydroxyl groups is 2. The second kappa shape index (κ2) is 7.36. The molecule has 9 nitrogen and oxygen atoms in total. The number of nitrogens with zero attached hydrogens (tertiary/aromatic N) is 2. The van der Waals surface area contributed by atoms with Gasteiger partial charge in [-0.25, -0.2) is 18.4 Å². The largest absolute Gasteiger partial charge is 0.436 e. The number of anilines is 1. The summed E-state index contributed by atoms with van der Waals surface area (Å²) in [5.41, 5.74) is 1.51. The van der Waals surface area contributed by atoms with E-state index in [2.05, 4.69) is 15.3 Å². The number of carbonyl (C=O) groups is 1. The summed E-state index contributed by atoms with van der Waals surface area (Å²) >= 11 is 0.347. The molecule has 2 aromatic heterocycles. The van der Waals surface area contributed by atoms with Crippen LogP contribution in [0.15, 0.2) is 27.7 Å². The molecule has 0 aliphatic heterocycles. The van der Waals surface area contributed by atoms with Crippen LogP contribution >= 0.6 is 11.3 Å². The molecule has 0 aromatic carbocycles. The minimum Gasteiger partial charge on any atom is -0.381 e. The summed E-state index contributed by atoms with van der Waals surface area (Å²) in [7, 11) is -4.81. The van der Waals surface area contributed by atoms with E-state index < -0.39 is 48.7 Å². The summed E-state index contributed by atoms with van der Waals surface area (Å²) in [6, 6.07) is 0.819. The van der Waals surface area contributed by atoms with Crippen molar-refractivity contribution in [3.63, 3.8) is 0 Å². The SMILES string of the molecule is CC(C)(O)C(=O)Nc1sc(S(=O)(=O)c2nccnc2C(F)(F)F)cc1C(N)O. The minimum atomic E-state index is -5.08. The smallest absolute Gasteiger partial charge is 0.381 e. The summed E-state index contributed by atoms with van der Waals surface area (Å²) in [4.78, 5) is 18.3. The second-order valence-corrected chi connectivity index (χ2v) is 9.16. The van der Waals surface area contributed by atoms with Gasteiger partial charge in [-0.1, -0.05) is 0 Å². The lowest BCUT2D eigenvalue weighted by Crippen LogP contribution is -2.36. The molecule has 0 spiro atoms. The average molecular weight is 440 g/mol.